The first-order valence-electron chi connectivity index (χ1n) is 7.47. The van der Waals surface area contributed by atoms with Crippen LogP contribution in [0.25, 0.3) is 33.3 Å². The lowest BCUT2D eigenvalue weighted by Crippen LogP contribution is -1.85. The van der Waals surface area contributed by atoms with Gasteiger partial charge in [0.1, 0.15) is 5.52 Å². The molecule has 3 nitrogen and oxygen atoms in total. The molecule has 4 aromatic rings. The SMILES string of the molecule is OCCSc1ccc2oc(-c3ccc4ccccc4c3)nc2c1. The molecule has 23 heavy (non-hydrogen) atoms. The first kappa shape index (κ1) is 14.3. The number of hydrogen-bond donors (Lipinski definition) is 1. The second-order valence-electron chi connectivity index (χ2n) is 5.28. The van der Waals surface area contributed by atoms with Crippen LogP contribution in [-0.4, -0.2) is 22.5 Å². The second-order valence-corrected chi connectivity index (χ2v) is 6.45. The number of thioether (sulfide) groups is 1. The number of nitrogens with zero attached hydrogens (tertiary/aromatic N) is 1. The number of rotatable bonds is 4. The first-order chi connectivity index (χ1) is 11.3. The fraction of sp³-hybridized carbons (Fsp3) is 0.105. The van der Waals surface area contributed by atoms with Gasteiger partial charge >= 0.3 is 0 Å². The van der Waals surface area contributed by atoms with Crippen molar-refractivity contribution in [1.29, 1.82) is 0 Å². The van der Waals surface area contributed by atoms with E-state index in [1.54, 1.807) is 11.8 Å². The molecule has 0 radical (unpaired) electrons. The van der Waals surface area contributed by atoms with E-state index in [0.29, 0.717) is 11.6 Å². The molecule has 4 rings (SSSR count). The smallest absolute Gasteiger partial charge is 0.227 e. The van der Waals surface area contributed by atoms with Crippen LogP contribution in [0, 0.1) is 0 Å². The molecule has 0 aliphatic heterocycles. The quantitative estimate of drug-likeness (QED) is 0.552. The van der Waals surface area contributed by atoms with Crippen LogP contribution in [0.4, 0.5) is 0 Å². The maximum atomic E-state index is 8.93. The van der Waals surface area contributed by atoms with Gasteiger partial charge in [-0.2, -0.15) is 0 Å². The molecule has 0 spiro atoms. The Bertz CT molecular complexity index is 977. The first-order valence-corrected chi connectivity index (χ1v) is 8.45. The summed E-state index contributed by atoms with van der Waals surface area (Å²) in [5.41, 5.74) is 2.60. The van der Waals surface area contributed by atoms with E-state index >= 15 is 0 Å². The Hall–Kier alpha value is -2.30. The molecule has 0 unspecified atom stereocenters. The third kappa shape index (κ3) is 2.83. The van der Waals surface area contributed by atoms with Crippen LogP contribution < -0.4 is 0 Å². The van der Waals surface area contributed by atoms with Crippen LogP contribution >= 0.6 is 11.8 Å². The van der Waals surface area contributed by atoms with Crippen molar-refractivity contribution in [3.63, 3.8) is 0 Å². The summed E-state index contributed by atoms with van der Waals surface area (Å²) in [7, 11) is 0. The van der Waals surface area contributed by atoms with Gasteiger partial charge in [0, 0.05) is 16.2 Å². The molecule has 0 aliphatic carbocycles. The van der Waals surface area contributed by atoms with Crippen LogP contribution in [0.3, 0.4) is 0 Å². The molecule has 0 atom stereocenters. The average molecular weight is 321 g/mol. The largest absolute Gasteiger partial charge is 0.436 e. The van der Waals surface area contributed by atoms with Crippen molar-refractivity contribution in [2.75, 3.05) is 12.4 Å². The summed E-state index contributed by atoms with van der Waals surface area (Å²) in [6.07, 6.45) is 0. The summed E-state index contributed by atoms with van der Waals surface area (Å²) < 4.78 is 5.89. The molecule has 1 N–H and O–H groups in total. The predicted octanol–water partition coefficient (Wildman–Crippen LogP) is 4.73. The van der Waals surface area contributed by atoms with Gasteiger partial charge in [-0.3, -0.25) is 0 Å². The Labute approximate surface area is 138 Å². The number of oxazole rings is 1. The molecule has 0 aliphatic rings. The highest BCUT2D eigenvalue weighted by Gasteiger charge is 2.09. The van der Waals surface area contributed by atoms with Crippen molar-refractivity contribution in [2.24, 2.45) is 0 Å². The number of benzene rings is 3. The topological polar surface area (TPSA) is 46.3 Å². The molecular weight excluding hydrogens is 306 g/mol. The molecule has 0 saturated carbocycles. The van der Waals surface area contributed by atoms with Crippen LogP contribution in [0.5, 0.6) is 0 Å². The minimum Gasteiger partial charge on any atom is -0.436 e. The van der Waals surface area contributed by atoms with Gasteiger partial charge in [-0.1, -0.05) is 30.3 Å². The van der Waals surface area contributed by atoms with E-state index in [9.17, 15) is 0 Å². The maximum absolute atomic E-state index is 8.93. The van der Waals surface area contributed by atoms with Gasteiger partial charge in [-0.15, -0.1) is 11.8 Å². The van der Waals surface area contributed by atoms with E-state index in [1.165, 1.54) is 10.8 Å². The average Bonchev–Trinajstić information content (AvgIpc) is 3.03. The van der Waals surface area contributed by atoms with Crippen molar-refractivity contribution in [2.45, 2.75) is 4.90 Å². The van der Waals surface area contributed by atoms with Crippen LogP contribution in [0.2, 0.25) is 0 Å². The van der Waals surface area contributed by atoms with E-state index in [-0.39, 0.29) is 6.61 Å². The predicted molar refractivity (Wildman–Crippen MR) is 94.8 cm³/mol. The molecule has 0 fully saturated rings. The molecular formula is C19H15NO2S. The monoisotopic (exact) mass is 321 g/mol. The minimum atomic E-state index is 0.170. The van der Waals surface area contributed by atoms with E-state index in [1.807, 2.05) is 36.4 Å². The van der Waals surface area contributed by atoms with Gasteiger partial charge in [-0.05, 0) is 41.1 Å². The Morgan fingerprint density at radius 2 is 1.83 bits per heavy atom. The summed E-state index contributed by atoms with van der Waals surface area (Å²) in [6, 6.07) is 20.4. The lowest BCUT2D eigenvalue weighted by molar-refractivity contribution is 0.322. The van der Waals surface area contributed by atoms with Crippen molar-refractivity contribution in [3.05, 3.63) is 60.7 Å². The standard InChI is InChI=1S/C19H15NO2S/c21-9-10-23-16-7-8-18-17(12-16)20-19(22-18)15-6-5-13-3-1-2-4-14(13)11-15/h1-8,11-12,21H,9-10H2. The van der Waals surface area contributed by atoms with Gasteiger partial charge in [0.2, 0.25) is 5.89 Å². The third-order valence-electron chi connectivity index (χ3n) is 3.72. The molecule has 0 amide bonds. The summed E-state index contributed by atoms with van der Waals surface area (Å²) in [4.78, 5) is 5.70. The van der Waals surface area contributed by atoms with Gasteiger partial charge in [0.05, 0.1) is 6.61 Å². The van der Waals surface area contributed by atoms with E-state index < -0.39 is 0 Å². The van der Waals surface area contributed by atoms with Crippen LogP contribution in [0.1, 0.15) is 0 Å². The molecule has 0 bridgehead atoms. The highest BCUT2D eigenvalue weighted by molar-refractivity contribution is 7.99. The fourth-order valence-corrected chi connectivity index (χ4v) is 3.29. The zero-order valence-corrected chi connectivity index (χ0v) is 13.2. The molecule has 0 saturated heterocycles. The second kappa shape index (κ2) is 6.07. The number of aromatic nitrogens is 1. The summed E-state index contributed by atoms with van der Waals surface area (Å²) in [5, 5.41) is 11.3. The van der Waals surface area contributed by atoms with Gasteiger partial charge in [0.15, 0.2) is 5.58 Å². The van der Waals surface area contributed by atoms with Crippen molar-refractivity contribution in [3.8, 4) is 11.5 Å². The van der Waals surface area contributed by atoms with Crippen molar-refractivity contribution < 1.29 is 9.52 Å². The number of aliphatic hydroxyl groups excluding tert-OH is 1. The van der Waals surface area contributed by atoms with Gasteiger partial charge in [0.25, 0.3) is 0 Å². The summed E-state index contributed by atoms with van der Waals surface area (Å²) >= 11 is 1.61. The fourth-order valence-electron chi connectivity index (χ4n) is 2.61. The normalized spacial score (nSPS) is 11.3. The van der Waals surface area contributed by atoms with Crippen molar-refractivity contribution >= 4 is 33.6 Å². The molecule has 1 heterocycles. The van der Waals surface area contributed by atoms with E-state index in [4.69, 9.17) is 9.52 Å². The van der Waals surface area contributed by atoms with Crippen molar-refractivity contribution in [1.82, 2.24) is 4.98 Å². The molecule has 3 aromatic carbocycles. The Kier molecular flexibility index (Phi) is 3.77. The van der Waals surface area contributed by atoms with Gasteiger partial charge < -0.3 is 9.52 Å². The Balaban J connectivity index is 1.75. The number of aliphatic hydroxyl groups is 1. The van der Waals surface area contributed by atoms with Gasteiger partial charge in [-0.25, -0.2) is 4.98 Å². The Morgan fingerprint density at radius 3 is 2.70 bits per heavy atom. The van der Waals surface area contributed by atoms with Crippen LogP contribution in [0.15, 0.2) is 70.0 Å². The third-order valence-corrected chi connectivity index (χ3v) is 4.69. The zero-order chi connectivity index (χ0) is 15.6. The number of hydrogen-bond acceptors (Lipinski definition) is 4. The summed E-state index contributed by atoms with van der Waals surface area (Å²) in [6.45, 7) is 0.170. The van der Waals surface area contributed by atoms with E-state index in [2.05, 4.69) is 29.2 Å². The van der Waals surface area contributed by atoms with E-state index in [0.717, 1.165) is 21.6 Å². The lowest BCUT2D eigenvalue weighted by atomic mass is 10.1. The number of fused-ring (bicyclic) bond motifs is 2. The lowest BCUT2D eigenvalue weighted by Gasteiger charge is -1.99. The minimum absolute atomic E-state index is 0.170. The highest BCUT2D eigenvalue weighted by Crippen LogP contribution is 2.29. The molecule has 4 heteroatoms. The van der Waals surface area contributed by atoms with Crippen LogP contribution in [-0.2, 0) is 0 Å². The zero-order valence-electron chi connectivity index (χ0n) is 12.4. The maximum Gasteiger partial charge on any atom is 0.227 e. The molecule has 1 aromatic heterocycles. The summed E-state index contributed by atoms with van der Waals surface area (Å²) in [5.74, 6) is 1.32. The Morgan fingerprint density at radius 1 is 0.957 bits per heavy atom. The highest BCUT2D eigenvalue weighted by atomic mass is 32.2. The molecule has 114 valence electrons.